The molecule has 3 rings (SSSR count). The molecule has 0 saturated carbocycles. The van der Waals surface area contributed by atoms with Crippen molar-refractivity contribution in [3.05, 3.63) is 99.5 Å². The number of hydrogen-bond acceptors (Lipinski definition) is 4. The third-order valence-corrected chi connectivity index (χ3v) is 8.33. The molecule has 0 unspecified atom stereocenters. The van der Waals surface area contributed by atoms with Crippen LogP contribution >= 0.6 is 27.5 Å². The van der Waals surface area contributed by atoms with Gasteiger partial charge in [0.1, 0.15) is 6.04 Å². The number of hydrogen-bond donors (Lipinski definition) is 1. The Morgan fingerprint density at radius 2 is 1.60 bits per heavy atom. The molecule has 0 bridgehead atoms. The third-order valence-electron chi connectivity index (χ3n) is 6.35. The Bertz CT molecular complexity index is 1350. The smallest absolute Gasteiger partial charge is 0.243 e. The van der Waals surface area contributed by atoms with Crippen molar-refractivity contribution >= 4 is 55.1 Å². The molecule has 0 aliphatic carbocycles. The quantitative estimate of drug-likeness (QED) is 0.239. The summed E-state index contributed by atoms with van der Waals surface area (Å²) in [6, 6.07) is 23.1. The lowest BCUT2D eigenvalue weighted by atomic mass is 10.0. The van der Waals surface area contributed by atoms with Crippen LogP contribution < -0.4 is 9.62 Å². The van der Waals surface area contributed by atoms with E-state index in [1.807, 2.05) is 61.5 Å². The van der Waals surface area contributed by atoms with Crippen molar-refractivity contribution in [2.24, 2.45) is 0 Å². The van der Waals surface area contributed by atoms with E-state index in [4.69, 9.17) is 11.6 Å². The van der Waals surface area contributed by atoms with Crippen molar-refractivity contribution < 1.29 is 18.0 Å². The van der Waals surface area contributed by atoms with Gasteiger partial charge in [0.25, 0.3) is 0 Å². The molecule has 0 aromatic heterocycles. The van der Waals surface area contributed by atoms with E-state index in [1.54, 1.807) is 29.2 Å². The van der Waals surface area contributed by atoms with Gasteiger partial charge in [-0.25, -0.2) is 8.42 Å². The van der Waals surface area contributed by atoms with Crippen LogP contribution in [0.15, 0.2) is 83.3 Å². The Morgan fingerprint density at radius 3 is 2.20 bits per heavy atom. The molecule has 0 radical (unpaired) electrons. The maximum Gasteiger partial charge on any atom is 0.243 e. The van der Waals surface area contributed by atoms with Gasteiger partial charge in [-0.1, -0.05) is 76.9 Å². The minimum absolute atomic E-state index is 0.0719. The third kappa shape index (κ3) is 9.64. The van der Waals surface area contributed by atoms with Crippen LogP contribution in [-0.4, -0.2) is 50.5 Å². The van der Waals surface area contributed by atoms with Gasteiger partial charge in [-0.2, -0.15) is 0 Å². The second kappa shape index (κ2) is 15.2. The van der Waals surface area contributed by atoms with Crippen molar-refractivity contribution in [1.82, 2.24) is 10.2 Å². The van der Waals surface area contributed by atoms with E-state index in [9.17, 15) is 18.0 Å². The van der Waals surface area contributed by atoms with Crippen LogP contribution in [-0.2, 0) is 32.6 Å². The van der Waals surface area contributed by atoms with Gasteiger partial charge in [0.15, 0.2) is 0 Å². The number of carbonyl (C=O) groups is 2. The number of halogens is 2. The molecule has 1 N–H and O–H groups in total. The zero-order valence-electron chi connectivity index (χ0n) is 22.7. The zero-order chi connectivity index (χ0) is 29.1. The van der Waals surface area contributed by atoms with Crippen molar-refractivity contribution in [2.75, 3.05) is 23.7 Å². The van der Waals surface area contributed by atoms with Gasteiger partial charge in [0, 0.05) is 42.0 Å². The van der Waals surface area contributed by atoms with Crippen LogP contribution in [0.25, 0.3) is 0 Å². The molecule has 0 heterocycles. The maximum absolute atomic E-state index is 13.8. The van der Waals surface area contributed by atoms with E-state index in [2.05, 4.69) is 21.2 Å². The summed E-state index contributed by atoms with van der Waals surface area (Å²) in [5.74, 6) is -0.435. The van der Waals surface area contributed by atoms with Gasteiger partial charge in [-0.3, -0.25) is 13.9 Å². The minimum atomic E-state index is -3.59. The number of carbonyl (C=O) groups excluding carboxylic acids is 2. The highest BCUT2D eigenvalue weighted by Crippen LogP contribution is 2.22. The Kier molecular flexibility index (Phi) is 12.0. The van der Waals surface area contributed by atoms with Crippen LogP contribution in [0, 0.1) is 0 Å². The summed E-state index contributed by atoms with van der Waals surface area (Å²) in [5.41, 5.74) is 2.31. The molecule has 0 spiro atoms. The van der Waals surface area contributed by atoms with Crippen molar-refractivity contribution in [3.8, 4) is 0 Å². The fourth-order valence-corrected chi connectivity index (χ4v) is 5.67. The molecular formula is C30H35BrClN3O4S. The average Bonchev–Trinajstić information content (AvgIpc) is 2.93. The first-order valence-electron chi connectivity index (χ1n) is 13.2. The van der Waals surface area contributed by atoms with Crippen LogP contribution in [0.2, 0.25) is 5.02 Å². The molecule has 0 aliphatic rings. The second-order valence-electron chi connectivity index (χ2n) is 9.56. The molecule has 214 valence electrons. The summed E-state index contributed by atoms with van der Waals surface area (Å²) in [4.78, 5) is 28.8. The van der Waals surface area contributed by atoms with Gasteiger partial charge < -0.3 is 10.2 Å². The van der Waals surface area contributed by atoms with Crippen molar-refractivity contribution in [3.63, 3.8) is 0 Å². The standard InChI is InChI=1S/C30H35BrClN3O4S/c1-3-19-33-30(37)28(21-23-8-5-4-6-9-23)34(22-24-11-13-25(31)14-12-24)29(36)10-7-20-35(40(2,38)39)27-17-15-26(32)16-18-27/h4-6,8-9,11-18,28H,3,7,10,19-22H2,1-2H3,(H,33,37)/t28-/m0/s1. The topological polar surface area (TPSA) is 86.8 Å². The highest BCUT2D eigenvalue weighted by atomic mass is 79.9. The summed E-state index contributed by atoms with van der Waals surface area (Å²) in [7, 11) is -3.59. The van der Waals surface area contributed by atoms with Crippen LogP contribution in [0.4, 0.5) is 5.69 Å². The number of amides is 2. The lowest BCUT2D eigenvalue weighted by Gasteiger charge is -2.32. The highest BCUT2D eigenvalue weighted by molar-refractivity contribution is 9.10. The zero-order valence-corrected chi connectivity index (χ0v) is 25.9. The lowest BCUT2D eigenvalue weighted by molar-refractivity contribution is -0.141. The summed E-state index contributed by atoms with van der Waals surface area (Å²) in [6.45, 7) is 2.85. The molecule has 0 fully saturated rings. The number of sulfonamides is 1. The van der Waals surface area contributed by atoms with E-state index in [0.717, 1.165) is 28.3 Å². The van der Waals surface area contributed by atoms with Gasteiger partial charge in [-0.15, -0.1) is 0 Å². The number of rotatable bonds is 14. The summed E-state index contributed by atoms with van der Waals surface area (Å²) >= 11 is 9.42. The largest absolute Gasteiger partial charge is 0.354 e. The Balaban J connectivity index is 1.85. The molecular weight excluding hydrogens is 614 g/mol. The first-order chi connectivity index (χ1) is 19.1. The van der Waals surface area contributed by atoms with Crippen LogP contribution in [0.5, 0.6) is 0 Å². The lowest BCUT2D eigenvalue weighted by Crippen LogP contribution is -2.50. The molecule has 40 heavy (non-hydrogen) atoms. The highest BCUT2D eigenvalue weighted by Gasteiger charge is 2.30. The predicted molar refractivity (Wildman–Crippen MR) is 165 cm³/mol. The molecule has 2 amide bonds. The molecule has 3 aromatic rings. The van der Waals surface area contributed by atoms with E-state index >= 15 is 0 Å². The molecule has 7 nitrogen and oxygen atoms in total. The Morgan fingerprint density at radius 1 is 0.950 bits per heavy atom. The number of nitrogens with zero attached hydrogens (tertiary/aromatic N) is 2. The van der Waals surface area contributed by atoms with Gasteiger partial charge >= 0.3 is 0 Å². The van der Waals surface area contributed by atoms with Crippen molar-refractivity contribution in [2.45, 2.75) is 45.2 Å². The number of benzene rings is 3. The van der Waals surface area contributed by atoms with Gasteiger partial charge in [0.05, 0.1) is 11.9 Å². The minimum Gasteiger partial charge on any atom is -0.354 e. The van der Waals surface area contributed by atoms with E-state index in [0.29, 0.717) is 23.7 Å². The number of anilines is 1. The van der Waals surface area contributed by atoms with Gasteiger partial charge in [0.2, 0.25) is 21.8 Å². The predicted octanol–water partition coefficient (Wildman–Crippen LogP) is 5.82. The first-order valence-corrected chi connectivity index (χ1v) is 16.2. The van der Waals surface area contributed by atoms with Crippen LogP contribution in [0.3, 0.4) is 0 Å². The normalized spacial score (nSPS) is 12.0. The molecule has 3 aromatic carbocycles. The van der Waals surface area contributed by atoms with E-state index < -0.39 is 16.1 Å². The Hall–Kier alpha value is -2.88. The fourth-order valence-electron chi connectivity index (χ4n) is 4.32. The average molecular weight is 649 g/mol. The monoisotopic (exact) mass is 647 g/mol. The SMILES string of the molecule is CCCNC(=O)[C@H](Cc1ccccc1)N(Cc1ccc(Br)cc1)C(=O)CCCN(c1ccc(Cl)cc1)S(C)(=O)=O. The summed E-state index contributed by atoms with van der Waals surface area (Å²) in [5, 5.41) is 3.47. The van der Waals surface area contributed by atoms with E-state index in [-0.39, 0.29) is 37.7 Å². The Labute approximate surface area is 250 Å². The van der Waals surface area contributed by atoms with E-state index in [1.165, 1.54) is 4.31 Å². The first kappa shape index (κ1) is 31.6. The summed E-state index contributed by atoms with van der Waals surface area (Å²) < 4.78 is 27.3. The molecule has 10 heteroatoms. The molecule has 0 saturated heterocycles. The number of nitrogens with one attached hydrogen (secondary N) is 1. The fraction of sp³-hybridized carbons (Fsp3) is 0.333. The molecule has 0 aliphatic heterocycles. The summed E-state index contributed by atoms with van der Waals surface area (Å²) in [6.07, 6.45) is 2.62. The second-order valence-corrected chi connectivity index (χ2v) is 12.8. The molecule has 1 atom stereocenters. The maximum atomic E-state index is 13.8. The van der Waals surface area contributed by atoms with Crippen molar-refractivity contribution in [1.29, 1.82) is 0 Å². The van der Waals surface area contributed by atoms with Crippen LogP contribution in [0.1, 0.15) is 37.3 Å². The van der Waals surface area contributed by atoms with Gasteiger partial charge in [-0.05, 0) is 60.4 Å².